The summed E-state index contributed by atoms with van der Waals surface area (Å²) in [6.45, 7) is 10.4. The van der Waals surface area contributed by atoms with Crippen molar-refractivity contribution in [1.29, 1.82) is 0 Å². The van der Waals surface area contributed by atoms with Crippen LogP contribution >= 0.6 is 15.9 Å². The maximum absolute atomic E-state index is 3.58. The molecule has 86 valence electrons. The molecule has 14 heavy (non-hydrogen) atoms. The third-order valence-corrected chi connectivity index (χ3v) is 3.82. The van der Waals surface area contributed by atoms with Crippen molar-refractivity contribution in [1.82, 2.24) is 4.90 Å². The highest BCUT2D eigenvalue weighted by atomic mass is 79.9. The van der Waals surface area contributed by atoms with E-state index in [-0.39, 0.29) is 0 Å². The standard InChI is InChI=1S/C12H26BrN/c1-6-12(8-13)9-14(5)11(4)7-10(2)3/h10-12H,6-9H2,1-5H3. The molecule has 1 nitrogen and oxygen atoms in total. The highest BCUT2D eigenvalue weighted by Crippen LogP contribution is 2.14. The summed E-state index contributed by atoms with van der Waals surface area (Å²) >= 11 is 3.58. The minimum absolute atomic E-state index is 0.711. The summed E-state index contributed by atoms with van der Waals surface area (Å²) in [7, 11) is 2.25. The van der Waals surface area contributed by atoms with Gasteiger partial charge >= 0.3 is 0 Å². The van der Waals surface area contributed by atoms with Crippen LogP contribution in [0.2, 0.25) is 0 Å². The number of hydrogen-bond donors (Lipinski definition) is 0. The molecule has 0 aromatic rings. The van der Waals surface area contributed by atoms with Crippen LogP contribution in [0.25, 0.3) is 0 Å². The normalized spacial score (nSPS) is 16.3. The van der Waals surface area contributed by atoms with Crippen molar-refractivity contribution in [3.63, 3.8) is 0 Å². The average molecular weight is 264 g/mol. The first-order valence-electron chi connectivity index (χ1n) is 5.77. The molecule has 0 aromatic carbocycles. The van der Waals surface area contributed by atoms with Crippen molar-refractivity contribution in [2.75, 3.05) is 18.9 Å². The molecule has 0 aliphatic heterocycles. The van der Waals surface area contributed by atoms with Gasteiger partial charge in [-0.05, 0) is 32.2 Å². The lowest BCUT2D eigenvalue weighted by Gasteiger charge is -2.29. The number of hydrogen-bond acceptors (Lipinski definition) is 1. The molecule has 0 heterocycles. The van der Waals surface area contributed by atoms with Gasteiger partial charge in [0.2, 0.25) is 0 Å². The first-order valence-corrected chi connectivity index (χ1v) is 6.89. The zero-order valence-electron chi connectivity index (χ0n) is 10.4. The van der Waals surface area contributed by atoms with Crippen LogP contribution in [-0.4, -0.2) is 29.9 Å². The molecule has 0 radical (unpaired) electrons. The van der Waals surface area contributed by atoms with Crippen LogP contribution in [0.3, 0.4) is 0 Å². The fraction of sp³-hybridized carbons (Fsp3) is 1.00. The van der Waals surface area contributed by atoms with Crippen LogP contribution in [0.1, 0.15) is 40.5 Å². The predicted molar refractivity (Wildman–Crippen MR) is 69.1 cm³/mol. The molecule has 2 atom stereocenters. The second kappa shape index (κ2) is 7.70. The molecule has 0 aliphatic rings. The Labute approximate surface area is 98.4 Å². The van der Waals surface area contributed by atoms with Gasteiger partial charge in [-0.15, -0.1) is 0 Å². The van der Waals surface area contributed by atoms with E-state index in [9.17, 15) is 0 Å². The zero-order chi connectivity index (χ0) is 11.1. The number of nitrogens with zero attached hydrogens (tertiary/aromatic N) is 1. The van der Waals surface area contributed by atoms with Crippen LogP contribution < -0.4 is 0 Å². The maximum Gasteiger partial charge on any atom is 0.00717 e. The monoisotopic (exact) mass is 263 g/mol. The van der Waals surface area contributed by atoms with Gasteiger partial charge in [-0.25, -0.2) is 0 Å². The SMILES string of the molecule is CCC(CBr)CN(C)C(C)CC(C)C. The van der Waals surface area contributed by atoms with Gasteiger partial charge in [0, 0.05) is 17.9 Å². The second-order valence-corrected chi connectivity index (χ2v) is 5.49. The molecule has 0 rings (SSSR count). The molecule has 0 aliphatic carbocycles. The number of halogens is 1. The van der Waals surface area contributed by atoms with E-state index in [1.165, 1.54) is 19.4 Å². The Balaban J connectivity index is 3.86. The molecule has 0 saturated heterocycles. The first-order chi connectivity index (χ1) is 6.51. The van der Waals surface area contributed by atoms with E-state index in [4.69, 9.17) is 0 Å². The fourth-order valence-corrected chi connectivity index (χ4v) is 2.40. The maximum atomic E-state index is 3.58. The van der Waals surface area contributed by atoms with Gasteiger partial charge in [-0.2, -0.15) is 0 Å². The third kappa shape index (κ3) is 6.02. The van der Waals surface area contributed by atoms with E-state index in [1.54, 1.807) is 0 Å². The van der Waals surface area contributed by atoms with E-state index in [1.807, 2.05) is 0 Å². The van der Waals surface area contributed by atoms with Crippen LogP contribution in [0.4, 0.5) is 0 Å². The predicted octanol–water partition coefficient (Wildman–Crippen LogP) is 3.77. The molecule has 0 saturated carbocycles. The van der Waals surface area contributed by atoms with Crippen molar-refractivity contribution in [2.45, 2.75) is 46.6 Å². The topological polar surface area (TPSA) is 3.24 Å². The van der Waals surface area contributed by atoms with Crippen LogP contribution in [-0.2, 0) is 0 Å². The van der Waals surface area contributed by atoms with Crippen LogP contribution in [0.5, 0.6) is 0 Å². The first kappa shape index (κ1) is 14.4. The van der Waals surface area contributed by atoms with E-state index in [2.05, 4.69) is 55.6 Å². The Morgan fingerprint density at radius 1 is 1.21 bits per heavy atom. The van der Waals surface area contributed by atoms with E-state index >= 15 is 0 Å². The molecule has 0 spiro atoms. The largest absolute Gasteiger partial charge is 0.303 e. The highest BCUT2D eigenvalue weighted by Gasteiger charge is 2.14. The van der Waals surface area contributed by atoms with Gasteiger partial charge in [-0.1, -0.05) is 43.1 Å². The van der Waals surface area contributed by atoms with Crippen LogP contribution in [0, 0.1) is 11.8 Å². The molecule has 0 aromatic heterocycles. The van der Waals surface area contributed by atoms with Gasteiger partial charge in [0.15, 0.2) is 0 Å². The second-order valence-electron chi connectivity index (χ2n) is 4.85. The Hall–Kier alpha value is 0.440. The Bertz CT molecular complexity index is 132. The van der Waals surface area contributed by atoms with Crippen molar-refractivity contribution in [3.05, 3.63) is 0 Å². The summed E-state index contributed by atoms with van der Waals surface area (Å²) in [4.78, 5) is 2.50. The summed E-state index contributed by atoms with van der Waals surface area (Å²) in [6.07, 6.45) is 2.57. The number of rotatable bonds is 7. The average Bonchev–Trinajstić information content (AvgIpc) is 2.12. The molecular weight excluding hydrogens is 238 g/mol. The molecule has 2 heteroatoms. The summed E-state index contributed by atoms with van der Waals surface area (Å²) in [5.41, 5.74) is 0. The van der Waals surface area contributed by atoms with Crippen molar-refractivity contribution >= 4 is 15.9 Å². The highest BCUT2D eigenvalue weighted by molar-refractivity contribution is 9.09. The minimum atomic E-state index is 0.711. The lowest BCUT2D eigenvalue weighted by molar-refractivity contribution is 0.201. The Morgan fingerprint density at radius 3 is 2.14 bits per heavy atom. The minimum Gasteiger partial charge on any atom is -0.303 e. The lowest BCUT2D eigenvalue weighted by Crippen LogP contribution is -2.34. The molecule has 0 amide bonds. The smallest absolute Gasteiger partial charge is 0.00717 e. The van der Waals surface area contributed by atoms with Gasteiger partial charge in [-0.3, -0.25) is 0 Å². The van der Waals surface area contributed by atoms with Crippen LogP contribution in [0.15, 0.2) is 0 Å². The molecule has 0 fully saturated rings. The molecule has 0 bridgehead atoms. The lowest BCUT2D eigenvalue weighted by atomic mass is 10.0. The molecule has 2 unspecified atom stereocenters. The van der Waals surface area contributed by atoms with E-state index < -0.39 is 0 Å². The number of alkyl halides is 1. The Kier molecular flexibility index (Phi) is 7.94. The summed E-state index contributed by atoms with van der Waals surface area (Å²) in [6, 6.07) is 0.711. The van der Waals surface area contributed by atoms with Gasteiger partial charge in [0.1, 0.15) is 0 Å². The van der Waals surface area contributed by atoms with Crippen molar-refractivity contribution in [3.8, 4) is 0 Å². The van der Waals surface area contributed by atoms with Gasteiger partial charge < -0.3 is 4.90 Å². The fourth-order valence-electron chi connectivity index (χ4n) is 1.74. The molecule has 0 N–H and O–H groups in total. The van der Waals surface area contributed by atoms with E-state index in [0.717, 1.165) is 17.2 Å². The third-order valence-electron chi connectivity index (χ3n) is 2.91. The van der Waals surface area contributed by atoms with Crippen molar-refractivity contribution < 1.29 is 0 Å². The van der Waals surface area contributed by atoms with E-state index in [0.29, 0.717) is 6.04 Å². The van der Waals surface area contributed by atoms with Gasteiger partial charge in [0.25, 0.3) is 0 Å². The zero-order valence-corrected chi connectivity index (χ0v) is 12.0. The molecular formula is C12H26BrN. The summed E-state index contributed by atoms with van der Waals surface area (Å²) < 4.78 is 0. The van der Waals surface area contributed by atoms with Gasteiger partial charge in [0.05, 0.1) is 0 Å². The summed E-state index contributed by atoms with van der Waals surface area (Å²) in [5.74, 6) is 1.60. The summed E-state index contributed by atoms with van der Waals surface area (Å²) in [5, 5.41) is 1.13. The quantitative estimate of drug-likeness (QED) is 0.633. The van der Waals surface area contributed by atoms with Crippen molar-refractivity contribution in [2.24, 2.45) is 11.8 Å². The Morgan fingerprint density at radius 2 is 1.79 bits per heavy atom.